The third kappa shape index (κ3) is 6.65. The normalized spacial score (nSPS) is 10.9. The summed E-state index contributed by atoms with van der Waals surface area (Å²) < 4.78 is 5.16. The van der Waals surface area contributed by atoms with Crippen LogP contribution in [0.1, 0.15) is 31.3 Å². The Hall–Kier alpha value is -4.20. The molecule has 1 heterocycles. The zero-order chi connectivity index (χ0) is 24.7. The monoisotopic (exact) mass is 460 g/mol. The van der Waals surface area contributed by atoms with Crippen LogP contribution in [0, 0.1) is 0 Å². The molecule has 0 fully saturated rings. The van der Waals surface area contributed by atoms with Gasteiger partial charge in [-0.25, -0.2) is 9.78 Å². The van der Waals surface area contributed by atoms with Crippen molar-refractivity contribution in [2.24, 2.45) is 0 Å². The number of anilines is 1. The van der Waals surface area contributed by atoms with E-state index in [1.165, 1.54) is 6.08 Å². The van der Waals surface area contributed by atoms with Gasteiger partial charge >= 0.3 is 6.09 Å². The van der Waals surface area contributed by atoms with Gasteiger partial charge in [0.2, 0.25) is 5.91 Å². The summed E-state index contributed by atoms with van der Waals surface area (Å²) >= 11 is 0. The van der Waals surface area contributed by atoms with Crippen LogP contribution in [0.15, 0.2) is 67.3 Å². The van der Waals surface area contributed by atoms with E-state index in [0.717, 1.165) is 16.3 Å². The number of amides is 3. The Morgan fingerprint density at radius 2 is 1.74 bits per heavy atom. The number of nitrogens with one attached hydrogen (secondary N) is 3. The maximum Gasteiger partial charge on any atom is 0.407 e. The molecule has 0 saturated carbocycles. The number of aromatic nitrogens is 1. The molecule has 2 aromatic carbocycles. The lowest BCUT2D eigenvalue weighted by Gasteiger charge is -2.19. The van der Waals surface area contributed by atoms with E-state index in [1.807, 2.05) is 42.5 Å². The first-order chi connectivity index (χ1) is 16.2. The molecule has 0 aliphatic carbocycles. The van der Waals surface area contributed by atoms with E-state index in [-0.39, 0.29) is 30.6 Å². The maximum atomic E-state index is 12.5. The van der Waals surface area contributed by atoms with Gasteiger partial charge in [-0.1, -0.05) is 36.9 Å². The highest BCUT2D eigenvalue weighted by Crippen LogP contribution is 2.28. The van der Waals surface area contributed by atoms with Crippen LogP contribution in [0.25, 0.3) is 22.0 Å². The van der Waals surface area contributed by atoms with Gasteiger partial charge in [-0.15, -0.1) is 0 Å². The number of hydrogen-bond donors (Lipinski definition) is 3. The minimum atomic E-state index is -0.585. The summed E-state index contributed by atoms with van der Waals surface area (Å²) in [6.45, 7) is 9.28. The van der Waals surface area contributed by atoms with Crippen LogP contribution in [0.2, 0.25) is 0 Å². The van der Waals surface area contributed by atoms with Gasteiger partial charge in [-0.05, 0) is 56.5 Å². The van der Waals surface area contributed by atoms with E-state index in [9.17, 15) is 14.4 Å². The number of ether oxygens (including phenoxy) is 1. The average molecular weight is 461 g/mol. The molecule has 0 radical (unpaired) electrons. The first kappa shape index (κ1) is 24.4. The lowest BCUT2D eigenvalue weighted by Crippen LogP contribution is -2.38. The van der Waals surface area contributed by atoms with Crippen molar-refractivity contribution in [2.45, 2.75) is 26.4 Å². The highest BCUT2D eigenvalue weighted by atomic mass is 16.6. The van der Waals surface area contributed by atoms with Crippen LogP contribution in [0.5, 0.6) is 0 Å². The van der Waals surface area contributed by atoms with Crippen molar-refractivity contribution < 1.29 is 19.1 Å². The molecule has 3 rings (SSSR count). The predicted octanol–water partition coefficient (Wildman–Crippen LogP) is 4.28. The number of pyridine rings is 1. The quantitative estimate of drug-likeness (QED) is 0.360. The molecule has 0 spiro atoms. The summed E-state index contributed by atoms with van der Waals surface area (Å²) in [6.07, 6.45) is 0.678. The van der Waals surface area contributed by atoms with Gasteiger partial charge in [0, 0.05) is 29.7 Å². The Balaban J connectivity index is 1.70. The van der Waals surface area contributed by atoms with Gasteiger partial charge in [-0.3, -0.25) is 9.59 Å². The van der Waals surface area contributed by atoms with Crippen LogP contribution in [-0.4, -0.2) is 41.6 Å². The molecule has 34 heavy (non-hydrogen) atoms. The molecule has 1 aromatic heterocycles. The van der Waals surface area contributed by atoms with Crippen molar-refractivity contribution in [3.05, 3.63) is 72.9 Å². The Kier molecular flexibility index (Phi) is 7.63. The summed E-state index contributed by atoms with van der Waals surface area (Å²) in [5.74, 6) is -0.650. The third-order valence-corrected chi connectivity index (χ3v) is 4.68. The number of carbonyl (C=O) groups excluding carboxylic acids is 3. The topological polar surface area (TPSA) is 109 Å². The average Bonchev–Trinajstić information content (AvgIpc) is 2.80. The number of carbonyl (C=O) groups is 3. The van der Waals surface area contributed by atoms with Crippen LogP contribution in [0.3, 0.4) is 0 Å². The minimum absolute atomic E-state index is 0.226. The number of hydrogen-bond acceptors (Lipinski definition) is 5. The van der Waals surface area contributed by atoms with E-state index in [2.05, 4.69) is 27.5 Å². The Morgan fingerprint density at radius 1 is 1.00 bits per heavy atom. The Bertz CT molecular complexity index is 1230. The van der Waals surface area contributed by atoms with E-state index >= 15 is 0 Å². The molecule has 3 aromatic rings. The number of nitrogens with zero attached hydrogens (tertiary/aromatic N) is 1. The second-order valence-corrected chi connectivity index (χ2v) is 8.53. The largest absolute Gasteiger partial charge is 0.444 e. The van der Waals surface area contributed by atoms with Crippen molar-refractivity contribution in [1.29, 1.82) is 0 Å². The maximum absolute atomic E-state index is 12.5. The molecule has 8 heteroatoms. The molecule has 176 valence electrons. The number of rotatable bonds is 7. The molecule has 0 unspecified atom stereocenters. The van der Waals surface area contributed by atoms with Crippen molar-refractivity contribution in [3.8, 4) is 11.3 Å². The van der Waals surface area contributed by atoms with Crippen LogP contribution in [-0.2, 0) is 9.53 Å². The number of benzene rings is 2. The van der Waals surface area contributed by atoms with Gasteiger partial charge < -0.3 is 20.7 Å². The first-order valence-electron chi connectivity index (χ1n) is 10.8. The molecule has 0 saturated heterocycles. The van der Waals surface area contributed by atoms with Crippen molar-refractivity contribution in [1.82, 2.24) is 15.6 Å². The third-order valence-electron chi connectivity index (χ3n) is 4.68. The molecule has 3 N–H and O–H groups in total. The molecule has 0 atom stereocenters. The van der Waals surface area contributed by atoms with Gasteiger partial charge in [0.15, 0.2) is 0 Å². The second-order valence-electron chi connectivity index (χ2n) is 8.53. The summed E-state index contributed by atoms with van der Waals surface area (Å²) in [5.41, 5.74) is 1.75. The van der Waals surface area contributed by atoms with E-state index < -0.39 is 11.7 Å². The lowest BCUT2D eigenvalue weighted by molar-refractivity contribution is -0.111. The van der Waals surface area contributed by atoms with Gasteiger partial charge in [0.25, 0.3) is 5.91 Å². The van der Waals surface area contributed by atoms with Crippen LogP contribution < -0.4 is 16.0 Å². The summed E-state index contributed by atoms with van der Waals surface area (Å²) in [6, 6.07) is 16.6. The SMILES string of the molecule is C=CC(=O)Nc1cccc2ccc(-c3cccc(C(=O)NCCNC(=O)OC(C)(C)C)n3)cc12. The number of alkyl carbamates (subject to hydrolysis) is 1. The zero-order valence-corrected chi connectivity index (χ0v) is 19.5. The van der Waals surface area contributed by atoms with Crippen molar-refractivity contribution in [3.63, 3.8) is 0 Å². The smallest absolute Gasteiger partial charge is 0.407 e. The van der Waals surface area contributed by atoms with E-state index in [1.54, 1.807) is 32.9 Å². The van der Waals surface area contributed by atoms with Crippen LogP contribution in [0.4, 0.5) is 10.5 Å². The highest BCUT2D eigenvalue weighted by molar-refractivity contribution is 6.06. The fraction of sp³-hybridized carbons (Fsp3) is 0.231. The second kappa shape index (κ2) is 10.6. The molecule has 8 nitrogen and oxygen atoms in total. The summed E-state index contributed by atoms with van der Waals surface area (Å²) in [7, 11) is 0. The molecule has 0 aliphatic heterocycles. The first-order valence-corrected chi connectivity index (χ1v) is 10.8. The fourth-order valence-electron chi connectivity index (χ4n) is 3.19. The minimum Gasteiger partial charge on any atom is -0.444 e. The van der Waals surface area contributed by atoms with Crippen molar-refractivity contribution >= 4 is 34.4 Å². The van der Waals surface area contributed by atoms with E-state index in [0.29, 0.717) is 11.4 Å². The molecular formula is C26H28N4O4. The standard InChI is InChI=1S/C26H28N4O4/c1-5-23(31)30-21-10-6-8-17-12-13-18(16-19(17)21)20-9-7-11-22(29-20)24(32)27-14-15-28-25(33)34-26(2,3)4/h5-13,16H,1,14-15H2,2-4H3,(H,27,32)(H,28,33)(H,30,31). The zero-order valence-electron chi connectivity index (χ0n) is 19.5. The molecule has 0 aliphatic rings. The number of fused-ring (bicyclic) bond motifs is 1. The Labute approximate surface area is 198 Å². The van der Waals surface area contributed by atoms with Crippen LogP contribution >= 0.6 is 0 Å². The summed E-state index contributed by atoms with van der Waals surface area (Å²) in [5, 5.41) is 9.94. The fourth-order valence-corrected chi connectivity index (χ4v) is 3.19. The highest BCUT2D eigenvalue weighted by Gasteiger charge is 2.16. The lowest BCUT2D eigenvalue weighted by atomic mass is 10.0. The molecule has 0 bridgehead atoms. The molecular weight excluding hydrogens is 432 g/mol. The Morgan fingerprint density at radius 3 is 2.47 bits per heavy atom. The van der Waals surface area contributed by atoms with E-state index in [4.69, 9.17) is 4.74 Å². The van der Waals surface area contributed by atoms with Crippen molar-refractivity contribution in [2.75, 3.05) is 18.4 Å². The van der Waals surface area contributed by atoms with Gasteiger partial charge in [-0.2, -0.15) is 0 Å². The van der Waals surface area contributed by atoms with Gasteiger partial charge in [0.1, 0.15) is 11.3 Å². The predicted molar refractivity (Wildman–Crippen MR) is 133 cm³/mol. The molecule has 3 amide bonds. The van der Waals surface area contributed by atoms with Gasteiger partial charge in [0.05, 0.1) is 5.69 Å². The summed E-state index contributed by atoms with van der Waals surface area (Å²) in [4.78, 5) is 40.5.